The summed E-state index contributed by atoms with van der Waals surface area (Å²) in [5.74, 6) is -1.24. The van der Waals surface area contributed by atoms with E-state index in [1.807, 2.05) is 0 Å². The Morgan fingerprint density at radius 1 is 1.32 bits per heavy atom. The number of carbonyl (C=O) groups is 1. The molecule has 0 atom stereocenters. The molecular weight excluding hydrogens is 271 g/mol. The second-order valence-corrected chi connectivity index (χ2v) is 3.95. The molecule has 1 aromatic heterocycles. The summed E-state index contributed by atoms with van der Waals surface area (Å²) in [6, 6.07) is 5.62. The van der Waals surface area contributed by atoms with E-state index in [0.29, 0.717) is 5.56 Å². The first-order chi connectivity index (χ1) is 8.49. The van der Waals surface area contributed by atoms with Crippen molar-refractivity contribution in [2.45, 2.75) is 0 Å². The summed E-state index contributed by atoms with van der Waals surface area (Å²) in [6.07, 6.45) is 2.89. The number of hydrogen-bond acceptors (Lipinski definition) is 2. The van der Waals surface area contributed by atoms with Crippen LogP contribution in [0.15, 0.2) is 41.5 Å². The van der Waals surface area contributed by atoms with Crippen LogP contribution >= 0.6 is 12.4 Å². The van der Waals surface area contributed by atoms with E-state index in [9.17, 15) is 14.0 Å². The van der Waals surface area contributed by atoms with Crippen LogP contribution in [0.4, 0.5) is 4.39 Å². The molecule has 4 nitrogen and oxygen atoms in total. The van der Waals surface area contributed by atoms with Crippen molar-refractivity contribution in [3.05, 3.63) is 58.3 Å². The molecule has 0 unspecified atom stereocenters. The molecule has 1 heterocycles. The van der Waals surface area contributed by atoms with E-state index in [0.717, 1.165) is 0 Å². The monoisotopic (exact) mass is 282 g/mol. The Hall–Kier alpha value is -2.14. The maximum Gasteiger partial charge on any atom is 0.254 e. The molecule has 0 aliphatic carbocycles. The molecule has 0 aliphatic rings. The van der Waals surface area contributed by atoms with Gasteiger partial charge >= 0.3 is 0 Å². The number of rotatable bonds is 2. The van der Waals surface area contributed by atoms with Gasteiger partial charge in [-0.05, 0) is 17.7 Å². The van der Waals surface area contributed by atoms with Crippen LogP contribution in [0.25, 0.3) is 11.1 Å². The first kappa shape index (κ1) is 14.9. The van der Waals surface area contributed by atoms with Gasteiger partial charge in [-0.1, -0.05) is 12.1 Å². The van der Waals surface area contributed by atoms with Crippen molar-refractivity contribution in [3.8, 4) is 11.1 Å². The first-order valence-electron chi connectivity index (χ1n) is 5.25. The van der Waals surface area contributed by atoms with Gasteiger partial charge in [-0.2, -0.15) is 0 Å². The van der Waals surface area contributed by atoms with Gasteiger partial charge < -0.3 is 10.3 Å². The fraction of sp³-hybridized carbons (Fsp3) is 0.0769. The Bertz CT molecular complexity index is 683. The Morgan fingerprint density at radius 2 is 2.00 bits per heavy atom. The summed E-state index contributed by atoms with van der Waals surface area (Å²) in [6.45, 7) is 0. The minimum absolute atomic E-state index is 0. The summed E-state index contributed by atoms with van der Waals surface area (Å²) in [7, 11) is 1.66. The lowest BCUT2D eigenvalue weighted by molar-refractivity contribution is 0.0998. The zero-order valence-electron chi connectivity index (χ0n) is 10.1. The van der Waals surface area contributed by atoms with Gasteiger partial charge in [0.05, 0.1) is 0 Å². The first-order valence-corrected chi connectivity index (χ1v) is 5.25. The van der Waals surface area contributed by atoms with Crippen molar-refractivity contribution in [2.24, 2.45) is 12.8 Å². The fourth-order valence-electron chi connectivity index (χ4n) is 1.74. The Morgan fingerprint density at radius 3 is 2.58 bits per heavy atom. The van der Waals surface area contributed by atoms with E-state index in [1.165, 1.54) is 30.6 Å². The van der Waals surface area contributed by atoms with E-state index in [1.54, 1.807) is 17.7 Å². The van der Waals surface area contributed by atoms with E-state index in [2.05, 4.69) is 0 Å². The average molecular weight is 283 g/mol. The number of pyridine rings is 1. The summed E-state index contributed by atoms with van der Waals surface area (Å²) in [5, 5.41) is 0. The fourth-order valence-corrected chi connectivity index (χ4v) is 1.74. The largest absolute Gasteiger partial charge is 0.365 e. The lowest BCUT2D eigenvalue weighted by Gasteiger charge is -2.06. The molecule has 0 saturated heterocycles. The van der Waals surface area contributed by atoms with Crippen LogP contribution in [0.2, 0.25) is 0 Å². The van der Waals surface area contributed by atoms with Crippen molar-refractivity contribution in [1.82, 2.24) is 4.57 Å². The highest BCUT2D eigenvalue weighted by Crippen LogP contribution is 2.16. The van der Waals surface area contributed by atoms with Crippen LogP contribution in [0.3, 0.4) is 0 Å². The minimum atomic E-state index is -0.797. The number of halogens is 2. The zero-order chi connectivity index (χ0) is 13.3. The van der Waals surface area contributed by atoms with Crippen molar-refractivity contribution < 1.29 is 9.18 Å². The number of nitrogens with two attached hydrogens (primary N) is 1. The molecule has 0 fully saturated rings. The summed E-state index contributed by atoms with van der Waals surface area (Å²) < 4.78 is 14.7. The van der Waals surface area contributed by atoms with Gasteiger partial charge in [-0.3, -0.25) is 9.59 Å². The number of primary amides is 1. The van der Waals surface area contributed by atoms with Crippen LogP contribution in [0.5, 0.6) is 0 Å². The van der Waals surface area contributed by atoms with E-state index < -0.39 is 17.2 Å². The van der Waals surface area contributed by atoms with E-state index in [4.69, 9.17) is 5.73 Å². The topological polar surface area (TPSA) is 65.1 Å². The second-order valence-electron chi connectivity index (χ2n) is 3.95. The van der Waals surface area contributed by atoms with E-state index >= 15 is 0 Å². The third-order valence-electron chi connectivity index (χ3n) is 2.56. The van der Waals surface area contributed by atoms with Crippen molar-refractivity contribution >= 4 is 18.3 Å². The molecule has 0 bridgehead atoms. The lowest BCUT2D eigenvalue weighted by atomic mass is 10.0. The second kappa shape index (κ2) is 5.67. The molecule has 2 N–H and O–H groups in total. The van der Waals surface area contributed by atoms with Gasteiger partial charge in [0.1, 0.15) is 11.4 Å². The van der Waals surface area contributed by atoms with Gasteiger partial charge in [-0.15, -0.1) is 12.4 Å². The molecule has 6 heteroatoms. The quantitative estimate of drug-likeness (QED) is 0.911. The number of nitrogens with zero attached hydrogens (tertiary/aromatic N) is 1. The highest BCUT2D eigenvalue weighted by atomic mass is 35.5. The third-order valence-corrected chi connectivity index (χ3v) is 2.56. The van der Waals surface area contributed by atoms with Gasteiger partial charge in [0.25, 0.3) is 5.91 Å². The Labute approximate surface area is 115 Å². The van der Waals surface area contributed by atoms with Crippen molar-refractivity contribution in [3.63, 3.8) is 0 Å². The number of aromatic nitrogens is 1. The summed E-state index contributed by atoms with van der Waals surface area (Å²) in [4.78, 5) is 23.2. The van der Waals surface area contributed by atoms with Crippen molar-refractivity contribution in [2.75, 3.05) is 0 Å². The van der Waals surface area contributed by atoms with Gasteiger partial charge in [0, 0.05) is 25.0 Å². The third kappa shape index (κ3) is 3.00. The molecule has 2 aromatic rings. The predicted octanol–water partition coefficient (Wildman–Crippen LogP) is 1.71. The Balaban J connectivity index is 0.00000180. The van der Waals surface area contributed by atoms with Crippen LogP contribution in [-0.2, 0) is 7.05 Å². The van der Waals surface area contributed by atoms with Crippen LogP contribution in [-0.4, -0.2) is 10.5 Å². The lowest BCUT2D eigenvalue weighted by Crippen LogP contribution is -2.24. The SMILES string of the molecule is Cl.Cn1cc(C(N)=O)c(=O)c(-c2cccc(F)c2)c1. The summed E-state index contributed by atoms with van der Waals surface area (Å²) in [5.41, 5.74) is 5.19. The smallest absolute Gasteiger partial charge is 0.254 e. The number of aryl methyl sites for hydroxylation is 1. The Kier molecular flexibility index (Phi) is 4.45. The molecule has 2 rings (SSSR count). The van der Waals surface area contributed by atoms with Crippen LogP contribution in [0, 0.1) is 5.82 Å². The molecular formula is C13H12ClFN2O2. The van der Waals surface area contributed by atoms with Crippen molar-refractivity contribution in [1.29, 1.82) is 0 Å². The molecule has 0 aliphatic heterocycles. The van der Waals surface area contributed by atoms with Gasteiger partial charge in [0.2, 0.25) is 5.43 Å². The normalized spacial score (nSPS) is 9.79. The number of amides is 1. The average Bonchev–Trinajstić information content (AvgIpc) is 2.31. The van der Waals surface area contributed by atoms with Crippen LogP contribution < -0.4 is 11.2 Å². The standard InChI is InChI=1S/C13H11FN2O2.ClH/c1-16-6-10(8-3-2-4-9(14)5-8)12(17)11(7-16)13(15)18;/h2-7H,1H3,(H2,15,18);1H. The molecule has 1 aromatic carbocycles. The number of hydrogen-bond donors (Lipinski definition) is 1. The maximum atomic E-state index is 13.1. The maximum absolute atomic E-state index is 13.1. The number of carbonyl (C=O) groups excluding carboxylic acids is 1. The van der Waals surface area contributed by atoms with Crippen LogP contribution in [0.1, 0.15) is 10.4 Å². The van der Waals surface area contributed by atoms with Gasteiger partial charge in [0.15, 0.2) is 0 Å². The molecule has 0 radical (unpaired) electrons. The predicted molar refractivity (Wildman–Crippen MR) is 72.8 cm³/mol. The molecule has 0 saturated carbocycles. The summed E-state index contributed by atoms with van der Waals surface area (Å²) >= 11 is 0. The minimum Gasteiger partial charge on any atom is -0.365 e. The molecule has 100 valence electrons. The molecule has 19 heavy (non-hydrogen) atoms. The molecule has 0 spiro atoms. The van der Waals surface area contributed by atoms with E-state index in [-0.39, 0.29) is 23.5 Å². The molecule has 1 amide bonds. The van der Waals surface area contributed by atoms with Gasteiger partial charge in [-0.25, -0.2) is 4.39 Å². The highest BCUT2D eigenvalue weighted by Gasteiger charge is 2.13. The highest BCUT2D eigenvalue weighted by molar-refractivity contribution is 5.93. The zero-order valence-corrected chi connectivity index (χ0v) is 10.9. The number of benzene rings is 1.